The third kappa shape index (κ3) is 3.06. The van der Waals surface area contributed by atoms with Crippen molar-refractivity contribution < 1.29 is 19.1 Å². The van der Waals surface area contributed by atoms with E-state index < -0.39 is 11.8 Å². The number of carbonyl (C=O) groups is 2. The molecule has 25 heavy (non-hydrogen) atoms. The van der Waals surface area contributed by atoms with E-state index in [0.717, 1.165) is 0 Å². The Morgan fingerprint density at radius 2 is 1.76 bits per heavy atom. The molecule has 0 bridgehead atoms. The summed E-state index contributed by atoms with van der Waals surface area (Å²) in [7, 11) is 0. The van der Waals surface area contributed by atoms with E-state index >= 15 is 0 Å². The van der Waals surface area contributed by atoms with Crippen molar-refractivity contribution in [2.75, 3.05) is 31.2 Å². The van der Waals surface area contributed by atoms with Gasteiger partial charge in [-0.2, -0.15) is 0 Å². The molecule has 3 aliphatic rings. The molecule has 1 unspecified atom stereocenters. The first kappa shape index (κ1) is 17.2. The Morgan fingerprint density at radius 3 is 2.40 bits per heavy atom. The smallest absolute Gasteiger partial charge is 0.251 e. The van der Waals surface area contributed by atoms with Crippen LogP contribution < -0.4 is 4.90 Å². The highest BCUT2D eigenvalue weighted by molar-refractivity contribution is 6.38. The van der Waals surface area contributed by atoms with Gasteiger partial charge >= 0.3 is 0 Å². The maximum Gasteiger partial charge on any atom is 0.251 e. The minimum atomic E-state index is -0.499. The third-order valence-electron chi connectivity index (χ3n) is 5.09. The maximum atomic E-state index is 12.9. The van der Waals surface area contributed by atoms with Crippen LogP contribution in [0.2, 0.25) is 10.0 Å². The topological polar surface area (TPSA) is 59.1 Å². The van der Waals surface area contributed by atoms with Gasteiger partial charge in [0, 0.05) is 31.0 Å². The maximum absolute atomic E-state index is 12.9. The monoisotopic (exact) mass is 384 g/mol. The average molecular weight is 385 g/mol. The molecule has 1 atom stereocenters. The second kappa shape index (κ2) is 6.52. The Balaban J connectivity index is 1.50. The van der Waals surface area contributed by atoms with Crippen molar-refractivity contribution in [3.05, 3.63) is 28.2 Å². The number of ether oxygens (including phenoxy) is 2. The number of hydrogen-bond acceptors (Lipinski definition) is 5. The fourth-order valence-electron chi connectivity index (χ4n) is 3.78. The highest BCUT2D eigenvalue weighted by atomic mass is 35.5. The van der Waals surface area contributed by atoms with Gasteiger partial charge in [0.05, 0.1) is 36.4 Å². The first-order valence-electron chi connectivity index (χ1n) is 8.33. The summed E-state index contributed by atoms with van der Waals surface area (Å²) in [5.41, 5.74) is 0.388. The van der Waals surface area contributed by atoms with Gasteiger partial charge < -0.3 is 9.47 Å². The average Bonchev–Trinajstić information content (AvgIpc) is 3.15. The molecule has 1 spiro atoms. The van der Waals surface area contributed by atoms with E-state index in [1.807, 2.05) is 4.90 Å². The van der Waals surface area contributed by atoms with Crippen LogP contribution in [-0.4, -0.2) is 54.8 Å². The van der Waals surface area contributed by atoms with Crippen molar-refractivity contribution in [3.63, 3.8) is 0 Å². The van der Waals surface area contributed by atoms with Crippen LogP contribution in [0, 0.1) is 0 Å². The Hall–Kier alpha value is -1.18. The van der Waals surface area contributed by atoms with Crippen molar-refractivity contribution in [1.29, 1.82) is 0 Å². The van der Waals surface area contributed by atoms with Crippen LogP contribution in [0.3, 0.4) is 0 Å². The van der Waals surface area contributed by atoms with Crippen LogP contribution in [0.1, 0.15) is 19.3 Å². The van der Waals surface area contributed by atoms with Gasteiger partial charge in [-0.05, 0) is 18.2 Å². The number of halogens is 2. The largest absolute Gasteiger partial charge is 0.347 e. The fraction of sp³-hybridized carbons (Fsp3) is 0.529. The van der Waals surface area contributed by atoms with Gasteiger partial charge in [-0.1, -0.05) is 23.2 Å². The van der Waals surface area contributed by atoms with Crippen molar-refractivity contribution in [1.82, 2.24) is 4.90 Å². The molecule has 3 aliphatic heterocycles. The molecule has 0 saturated carbocycles. The third-order valence-corrected chi connectivity index (χ3v) is 5.63. The number of carbonyl (C=O) groups excluding carboxylic acids is 2. The van der Waals surface area contributed by atoms with E-state index in [1.54, 1.807) is 12.1 Å². The molecule has 1 aromatic carbocycles. The summed E-state index contributed by atoms with van der Waals surface area (Å²) in [6.07, 6.45) is 1.56. The van der Waals surface area contributed by atoms with Crippen LogP contribution in [0.4, 0.5) is 5.69 Å². The minimum absolute atomic E-state index is 0.159. The summed E-state index contributed by atoms with van der Waals surface area (Å²) in [6, 6.07) is 4.30. The Bertz CT molecular complexity index is 711. The number of piperidine rings is 1. The molecule has 0 radical (unpaired) electrons. The number of imide groups is 1. The van der Waals surface area contributed by atoms with Crippen LogP contribution >= 0.6 is 23.2 Å². The number of amides is 2. The predicted octanol–water partition coefficient (Wildman–Crippen LogP) is 2.46. The van der Waals surface area contributed by atoms with Gasteiger partial charge in [0.1, 0.15) is 0 Å². The van der Waals surface area contributed by atoms with Crippen molar-refractivity contribution >= 4 is 40.7 Å². The second-order valence-electron chi connectivity index (χ2n) is 6.53. The van der Waals surface area contributed by atoms with E-state index in [4.69, 9.17) is 32.7 Å². The zero-order valence-corrected chi connectivity index (χ0v) is 15.1. The van der Waals surface area contributed by atoms with Gasteiger partial charge in [-0.3, -0.25) is 14.5 Å². The number of likely N-dealkylation sites (tertiary alicyclic amines) is 1. The SMILES string of the molecule is O=C1CC(N2CCC3(CC2)OCCO3)C(=O)N1c1ccc(Cl)cc1Cl. The highest BCUT2D eigenvalue weighted by Gasteiger charge is 2.47. The van der Waals surface area contributed by atoms with Gasteiger partial charge in [-0.25, -0.2) is 4.90 Å². The first-order valence-corrected chi connectivity index (χ1v) is 9.08. The van der Waals surface area contributed by atoms with Crippen LogP contribution in [0.5, 0.6) is 0 Å². The van der Waals surface area contributed by atoms with E-state index in [2.05, 4.69) is 0 Å². The molecule has 3 heterocycles. The second-order valence-corrected chi connectivity index (χ2v) is 7.37. The Labute approximate surface area is 155 Å². The molecule has 0 aromatic heterocycles. The van der Waals surface area contributed by atoms with Gasteiger partial charge in [0.2, 0.25) is 5.91 Å². The minimum Gasteiger partial charge on any atom is -0.347 e. The van der Waals surface area contributed by atoms with Crippen molar-refractivity contribution in [3.8, 4) is 0 Å². The van der Waals surface area contributed by atoms with Crippen molar-refractivity contribution in [2.24, 2.45) is 0 Å². The summed E-state index contributed by atoms with van der Waals surface area (Å²) >= 11 is 12.1. The number of rotatable bonds is 2. The lowest BCUT2D eigenvalue weighted by Crippen LogP contribution is -2.51. The fourth-order valence-corrected chi connectivity index (χ4v) is 4.27. The summed E-state index contributed by atoms with van der Waals surface area (Å²) in [5.74, 6) is -0.979. The summed E-state index contributed by atoms with van der Waals surface area (Å²) < 4.78 is 11.4. The zero-order chi connectivity index (χ0) is 17.6. The lowest BCUT2D eigenvalue weighted by molar-refractivity contribution is -0.188. The van der Waals surface area contributed by atoms with E-state index in [0.29, 0.717) is 54.9 Å². The lowest BCUT2D eigenvalue weighted by atomic mass is 10.0. The molecule has 2 amide bonds. The zero-order valence-electron chi connectivity index (χ0n) is 13.5. The summed E-state index contributed by atoms with van der Waals surface area (Å²) in [6.45, 7) is 2.55. The van der Waals surface area contributed by atoms with E-state index in [-0.39, 0.29) is 18.2 Å². The molecule has 8 heteroatoms. The molecule has 4 rings (SSSR count). The van der Waals surface area contributed by atoms with Gasteiger partial charge in [0.15, 0.2) is 5.79 Å². The number of anilines is 1. The van der Waals surface area contributed by atoms with Crippen LogP contribution in [0.25, 0.3) is 0 Å². The highest BCUT2D eigenvalue weighted by Crippen LogP contribution is 2.36. The normalized spacial score (nSPS) is 26.8. The molecule has 0 aliphatic carbocycles. The predicted molar refractivity (Wildman–Crippen MR) is 92.8 cm³/mol. The van der Waals surface area contributed by atoms with Gasteiger partial charge in [0.25, 0.3) is 5.91 Å². The molecule has 1 aromatic rings. The number of nitrogens with zero attached hydrogens (tertiary/aromatic N) is 2. The summed E-state index contributed by atoms with van der Waals surface area (Å²) in [5, 5.41) is 0.752. The molecular formula is C17H18Cl2N2O4. The standard InChI is InChI=1S/C17H18Cl2N2O4/c18-11-1-2-13(12(19)9-11)21-15(22)10-14(16(21)23)20-5-3-17(4-6-20)24-7-8-25-17/h1-2,9,14H,3-8,10H2. The quantitative estimate of drug-likeness (QED) is 0.733. The molecule has 6 nitrogen and oxygen atoms in total. The number of benzene rings is 1. The first-order chi connectivity index (χ1) is 12.0. The number of hydrogen-bond donors (Lipinski definition) is 0. The molecule has 134 valence electrons. The molecule has 0 N–H and O–H groups in total. The van der Waals surface area contributed by atoms with Crippen LogP contribution in [-0.2, 0) is 19.1 Å². The van der Waals surface area contributed by atoms with E-state index in [9.17, 15) is 9.59 Å². The molecule has 3 saturated heterocycles. The van der Waals surface area contributed by atoms with Crippen LogP contribution in [0.15, 0.2) is 18.2 Å². The lowest BCUT2D eigenvalue weighted by Gasteiger charge is -2.39. The molecular weight excluding hydrogens is 367 g/mol. The van der Waals surface area contributed by atoms with Crippen molar-refractivity contribution in [2.45, 2.75) is 31.1 Å². The summed E-state index contributed by atoms with van der Waals surface area (Å²) in [4.78, 5) is 28.6. The Morgan fingerprint density at radius 1 is 1.08 bits per heavy atom. The van der Waals surface area contributed by atoms with E-state index in [1.165, 1.54) is 11.0 Å². The van der Waals surface area contributed by atoms with Gasteiger partial charge in [-0.15, -0.1) is 0 Å². The Kier molecular flexibility index (Phi) is 4.50. The molecule has 3 fully saturated rings.